The molecule has 3 aromatic rings. The summed E-state index contributed by atoms with van der Waals surface area (Å²) < 4.78 is 0. The highest BCUT2D eigenvalue weighted by atomic mass is 35.5. The maximum Gasteiger partial charge on any atom is 0.0480 e. The minimum absolute atomic E-state index is 0. The molecule has 0 N–H and O–H groups in total. The first kappa shape index (κ1) is 20.0. The zero-order chi connectivity index (χ0) is 14.5. The molecule has 0 aromatic heterocycles. The van der Waals surface area contributed by atoms with E-state index in [1.165, 1.54) is 21.5 Å². The molecule has 0 saturated heterocycles. The second kappa shape index (κ2) is 9.96. The Morgan fingerprint density at radius 1 is 0.609 bits per heavy atom. The van der Waals surface area contributed by atoms with Crippen LogP contribution in [0.2, 0.25) is 0 Å². The third-order valence-corrected chi connectivity index (χ3v) is 6.24. The van der Waals surface area contributed by atoms with Crippen molar-refractivity contribution in [2.75, 3.05) is 0 Å². The van der Waals surface area contributed by atoms with E-state index >= 15 is 0 Å². The number of benzene rings is 3. The fourth-order valence-corrected chi connectivity index (χ4v) is 5.22. The van der Waals surface area contributed by atoms with Crippen molar-refractivity contribution >= 4 is 60.3 Å². The van der Waals surface area contributed by atoms with Crippen LogP contribution < -0.4 is 15.9 Å². The third kappa shape index (κ3) is 4.72. The summed E-state index contributed by atoms with van der Waals surface area (Å²) >= 11 is 6.16. The van der Waals surface area contributed by atoms with Gasteiger partial charge in [-0.3, -0.25) is 0 Å². The summed E-state index contributed by atoms with van der Waals surface area (Å²) in [6.07, 6.45) is 0. The molecule has 0 atom stereocenters. The van der Waals surface area contributed by atoms with E-state index in [4.69, 9.17) is 11.6 Å². The molecule has 0 spiro atoms. The van der Waals surface area contributed by atoms with E-state index < -0.39 is 7.92 Å². The fourth-order valence-electron chi connectivity index (χ4n) is 2.42. The molecule has 0 aliphatic rings. The lowest BCUT2D eigenvalue weighted by atomic mass is 10.2. The zero-order valence-corrected chi connectivity index (χ0v) is 15.7. The lowest BCUT2D eigenvalue weighted by molar-refractivity contribution is 1.44. The molecule has 0 amide bonds. The van der Waals surface area contributed by atoms with Crippen molar-refractivity contribution < 1.29 is 0 Å². The molecule has 0 unspecified atom stereocenters. The molecule has 0 aliphatic carbocycles. The first-order valence-electron chi connectivity index (χ1n) is 6.94. The number of alkyl halides is 1. The Morgan fingerprint density at radius 2 is 1.04 bits per heavy atom. The SMILES string of the molecule is Cl.Cl.ClCc1ccccc1P(c1ccccc1)c1ccccc1. The van der Waals surface area contributed by atoms with Crippen molar-refractivity contribution in [3.8, 4) is 0 Å². The molecule has 0 bridgehead atoms. The van der Waals surface area contributed by atoms with Gasteiger partial charge in [-0.25, -0.2) is 0 Å². The van der Waals surface area contributed by atoms with E-state index in [-0.39, 0.29) is 24.8 Å². The summed E-state index contributed by atoms with van der Waals surface area (Å²) in [4.78, 5) is 0. The molecular formula is C19H18Cl3P. The van der Waals surface area contributed by atoms with Gasteiger partial charge in [-0.05, 0) is 29.4 Å². The van der Waals surface area contributed by atoms with Crippen LogP contribution >= 0.6 is 44.3 Å². The average Bonchev–Trinajstić information content (AvgIpc) is 2.58. The van der Waals surface area contributed by atoms with Crippen LogP contribution in [-0.2, 0) is 5.88 Å². The standard InChI is InChI=1S/C19H16ClP.2ClH/c20-15-16-9-7-8-14-19(16)21(17-10-3-1-4-11-17)18-12-5-2-6-13-18;;/h1-14H,15H2;2*1H. The summed E-state index contributed by atoms with van der Waals surface area (Å²) in [7, 11) is -0.557. The van der Waals surface area contributed by atoms with Gasteiger partial charge in [0.2, 0.25) is 0 Å². The van der Waals surface area contributed by atoms with Gasteiger partial charge in [-0.15, -0.1) is 36.4 Å². The van der Waals surface area contributed by atoms with Gasteiger partial charge in [0.05, 0.1) is 0 Å². The number of rotatable bonds is 4. The minimum Gasteiger partial charge on any atom is -0.147 e. The van der Waals surface area contributed by atoms with Crippen LogP contribution in [0.1, 0.15) is 5.56 Å². The Kier molecular flexibility index (Phi) is 8.66. The largest absolute Gasteiger partial charge is 0.147 e. The molecule has 120 valence electrons. The molecule has 23 heavy (non-hydrogen) atoms. The highest BCUT2D eigenvalue weighted by molar-refractivity contribution is 7.79. The maximum atomic E-state index is 6.16. The number of hydrogen-bond acceptors (Lipinski definition) is 0. The van der Waals surface area contributed by atoms with E-state index in [2.05, 4.69) is 84.9 Å². The highest BCUT2D eigenvalue weighted by Gasteiger charge is 2.18. The van der Waals surface area contributed by atoms with Gasteiger partial charge >= 0.3 is 0 Å². The Balaban J connectivity index is 0.00000132. The van der Waals surface area contributed by atoms with Crippen molar-refractivity contribution in [2.45, 2.75) is 5.88 Å². The lowest BCUT2D eigenvalue weighted by Crippen LogP contribution is -2.22. The molecular weight excluding hydrogens is 366 g/mol. The molecule has 4 heteroatoms. The Morgan fingerprint density at radius 3 is 1.52 bits per heavy atom. The second-order valence-corrected chi connectivity index (χ2v) is 7.22. The van der Waals surface area contributed by atoms with E-state index in [9.17, 15) is 0 Å². The van der Waals surface area contributed by atoms with E-state index in [0.29, 0.717) is 5.88 Å². The molecule has 0 aliphatic heterocycles. The predicted octanol–water partition coefficient (Wildman–Crippen LogP) is 5.03. The monoisotopic (exact) mass is 382 g/mol. The molecule has 0 heterocycles. The van der Waals surface area contributed by atoms with Crippen molar-refractivity contribution in [1.29, 1.82) is 0 Å². The smallest absolute Gasteiger partial charge is 0.0480 e. The van der Waals surface area contributed by atoms with Crippen molar-refractivity contribution in [2.24, 2.45) is 0 Å². The van der Waals surface area contributed by atoms with Crippen LogP contribution in [0.25, 0.3) is 0 Å². The summed E-state index contributed by atoms with van der Waals surface area (Å²) in [5.41, 5.74) is 1.22. The Labute approximate surface area is 156 Å². The second-order valence-electron chi connectivity index (χ2n) is 4.77. The quantitative estimate of drug-likeness (QED) is 0.438. The van der Waals surface area contributed by atoms with Gasteiger partial charge in [-0.2, -0.15) is 0 Å². The van der Waals surface area contributed by atoms with Gasteiger partial charge in [0.15, 0.2) is 0 Å². The van der Waals surface area contributed by atoms with Crippen LogP contribution in [-0.4, -0.2) is 0 Å². The topological polar surface area (TPSA) is 0 Å². The van der Waals surface area contributed by atoms with Crippen LogP contribution in [0, 0.1) is 0 Å². The van der Waals surface area contributed by atoms with Crippen LogP contribution in [0.5, 0.6) is 0 Å². The normalized spacial score (nSPS) is 9.83. The van der Waals surface area contributed by atoms with E-state index in [1.807, 2.05) is 0 Å². The summed E-state index contributed by atoms with van der Waals surface area (Å²) in [6, 6.07) is 29.9. The predicted molar refractivity (Wildman–Crippen MR) is 109 cm³/mol. The third-order valence-electron chi connectivity index (χ3n) is 3.41. The molecule has 0 saturated carbocycles. The molecule has 0 nitrogen and oxygen atoms in total. The highest BCUT2D eigenvalue weighted by Crippen LogP contribution is 2.34. The van der Waals surface area contributed by atoms with Crippen LogP contribution in [0.15, 0.2) is 84.9 Å². The molecule has 0 fully saturated rings. The van der Waals surface area contributed by atoms with Gasteiger partial charge in [0.25, 0.3) is 0 Å². The van der Waals surface area contributed by atoms with E-state index in [1.54, 1.807) is 0 Å². The lowest BCUT2D eigenvalue weighted by Gasteiger charge is -2.21. The van der Waals surface area contributed by atoms with Crippen LogP contribution in [0.3, 0.4) is 0 Å². The molecule has 3 aromatic carbocycles. The van der Waals surface area contributed by atoms with Gasteiger partial charge in [0, 0.05) is 5.88 Å². The van der Waals surface area contributed by atoms with Crippen molar-refractivity contribution in [3.63, 3.8) is 0 Å². The van der Waals surface area contributed by atoms with Crippen molar-refractivity contribution in [1.82, 2.24) is 0 Å². The molecule has 3 rings (SSSR count). The first-order chi connectivity index (χ1) is 10.4. The van der Waals surface area contributed by atoms with Gasteiger partial charge in [-0.1, -0.05) is 84.9 Å². The summed E-state index contributed by atoms with van der Waals surface area (Å²) in [6.45, 7) is 0. The zero-order valence-electron chi connectivity index (χ0n) is 12.4. The average molecular weight is 384 g/mol. The number of hydrogen-bond donors (Lipinski definition) is 0. The van der Waals surface area contributed by atoms with E-state index in [0.717, 1.165) is 0 Å². The van der Waals surface area contributed by atoms with Gasteiger partial charge < -0.3 is 0 Å². The van der Waals surface area contributed by atoms with Gasteiger partial charge in [0.1, 0.15) is 0 Å². The Hall–Kier alpha value is -1.04. The minimum atomic E-state index is -0.557. The maximum absolute atomic E-state index is 6.16. The summed E-state index contributed by atoms with van der Waals surface area (Å²) in [5.74, 6) is 0.550. The molecule has 0 radical (unpaired) electrons. The Bertz CT molecular complexity index is 663. The fraction of sp³-hybridized carbons (Fsp3) is 0.0526. The van der Waals surface area contributed by atoms with Crippen molar-refractivity contribution in [3.05, 3.63) is 90.5 Å². The number of halogens is 3. The summed E-state index contributed by atoms with van der Waals surface area (Å²) in [5, 5.41) is 4.06. The van der Waals surface area contributed by atoms with Crippen LogP contribution in [0.4, 0.5) is 0 Å². The first-order valence-corrected chi connectivity index (χ1v) is 8.82.